The number of sulfonamides is 1. The zero-order valence-electron chi connectivity index (χ0n) is 11.7. The molecule has 0 spiro atoms. The average molecular weight is 374 g/mol. The number of imidazole rings is 1. The van der Waals surface area contributed by atoms with Gasteiger partial charge in [0.15, 0.2) is 5.03 Å². The Bertz CT molecular complexity index is 745. The van der Waals surface area contributed by atoms with Gasteiger partial charge in [0, 0.05) is 31.5 Å². The number of nitrogens with zero attached hydrogens (tertiary/aromatic N) is 5. The molecule has 7 nitrogen and oxygen atoms in total. The molecule has 3 rings (SSSR count). The fourth-order valence-corrected chi connectivity index (χ4v) is 3.90. The largest absolute Gasteiger partial charge is 0.334 e. The molecular weight excluding hydrogens is 358 g/mol. The van der Waals surface area contributed by atoms with Crippen LogP contribution in [0.3, 0.4) is 0 Å². The van der Waals surface area contributed by atoms with E-state index in [1.807, 2.05) is 20.0 Å². The van der Waals surface area contributed by atoms with Crippen molar-refractivity contribution in [3.8, 4) is 0 Å². The van der Waals surface area contributed by atoms with Crippen molar-refractivity contribution in [3.63, 3.8) is 0 Å². The molecule has 0 aliphatic carbocycles. The van der Waals surface area contributed by atoms with Crippen molar-refractivity contribution >= 4 is 26.0 Å². The van der Waals surface area contributed by atoms with Gasteiger partial charge in [-0.2, -0.15) is 9.40 Å². The van der Waals surface area contributed by atoms with Crippen LogP contribution in [0, 0.1) is 0 Å². The first-order chi connectivity index (χ1) is 9.88. The number of aromatic nitrogens is 4. The van der Waals surface area contributed by atoms with Crippen molar-refractivity contribution in [1.29, 1.82) is 0 Å². The minimum Gasteiger partial charge on any atom is -0.334 e. The predicted octanol–water partition coefficient (Wildman–Crippen LogP) is 1.67. The quantitative estimate of drug-likeness (QED) is 0.816. The van der Waals surface area contributed by atoms with E-state index in [1.165, 1.54) is 4.31 Å². The second-order valence-corrected chi connectivity index (χ2v) is 8.17. The van der Waals surface area contributed by atoms with Gasteiger partial charge in [0.25, 0.3) is 10.0 Å². The van der Waals surface area contributed by atoms with E-state index < -0.39 is 10.0 Å². The summed E-state index contributed by atoms with van der Waals surface area (Å²) in [5, 5.41) is 4.29. The summed E-state index contributed by atoms with van der Waals surface area (Å²) in [4.78, 5) is 4.02. The van der Waals surface area contributed by atoms with Crippen LogP contribution in [0.5, 0.6) is 0 Å². The first-order valence-corrected chi connectivity index (χ1v) is 8.84. The molecule has 1 aliphatic heterocycles. The topological polar surface area (TPSA) is 73.0 Å². The summed E-state index contributed by atoms with van der Waals surface area (Å²) in [6, 6.07) is 0.269. The fraction of sp³-hybridized carbons (Fsp3) is 0.500. The van der Waals surface area contributed by atoms with Crippen LogP contribution in [0.15, 0.2) is 34.4 Å². The maximum atomic E-state index is 12.4. The maximum Gasteiger partial charge on any atom is 0.262 e. The second-order valence-electron chi connectivity index (χ2n) is 5.37. The Morgan fingerprint density at radius 2 is 2.05 bits per heavy atom. The zero-order chi connectivity index (χ0) is 15.2. The van der Waals surface area contributed by atoms with Gasteiger partial charge in [-0.05, 0) is 29.8 Å². The fourth-order valence-electron chi connectivity index (χ4n) is 2.16. The van der Waals surface area contributed by atoms with Gasteiger partial charge in [-0.15, -0.1) is 0 Å². The number of halogens is 1. The van der Waals surface area contributed by atoms with Gasteiger partial charge in [-0.1, -0.05) is 0 Å². The maximum absolute atomic E-state index is 12.4. The van der Waals surface area contributed by atoms with E-state index in [9.17, 15) is 8.42 Å². The molecule has 114 valence electrons. The summed E-state index contributed by atoms with van der Waals surface area (Å²) in [6.07, 6.45) is 6.68. The molecule has 0 amide bonds. The standard InChI is InChI=1S/C12H16BrN5O2S/c1-9(2)16-7-12(14-8-16)21(19,20)17-5-11(6-17)18-4-10(13)3-15-18/h3-4,7-9,11H,5-6H2,1-2H3. The van der Waals surface area contributed by atoms with E-state index in [0.29, 0.717) is 13.1 Å². The highest BCUT2D eigenvalue weighted by molar-refractivity contribution is 9.10. The van der Waals surface area contributed by atoms with Crippen LogP contribution in [0.2, 0.25) is 0 Å². The molecule has 3 heterocycles. The van der Waals surface area contributed by atoms with Gasteiger partial charge in [0.2, 0.25) is 0 Å². The first-order valence-electron chi connectivity index (χ1n) is 6.61. The van der Waals surface area contributed by atoms with Crippen LogP contribution in [0.4, 0.5) is 0 Å². The predicted molar refractivity (Wildman–Crippen MR) is 80.3 cm³/mol. The lowest BCUT2D eigenvalue weighted by molar-refractivity contribution is 0.191. The van der Waals surface area contributed by atoms with Gasteiger partial charge < -0.3 is 4.57 Å². The lowest BCUT2D eigenvalue weighted by Gasteiger charge is -2.37. The van der Waals surface area contributed by atoms with E-state index in [4.69, 9.17) is 0 Å². The van der Waals surface area contributed by atoms with Crippen LogP contribution in [-0.2, 0) is 10.0 Å². The summed E-state index contributed by atoms with van der Waals surface area (Å²) in [7, 11) is -3.50. The third kappa shape index (κ3) is 2.65. The van der Waals surface area contributed by atoms with Gasteiger partial charge >= 0.3 is 0 Å². The Hall–Kier alpha value is -1.19. The van der Waals surface area contributed by atoms with E-state index in [1.54, 1.807) is 28.0 Å². The molecular formula is C12H16BrN5O2S. The van der Waals surface area contributed by atoms with Crippen molar-refractivity contribution in [1.82, 2.24) is 23.6 Å². The molecule has 0 atom stereocenters. The SMILES string of the molecule is CC(C)n1cnc(S(=O)(=O)N2CC(n3cc(Br)cn3)C2)c1. The van der Waals surface area contributed by atoms with Crippen molar-refractivity contribution in [2.24, 2.45) is 0 Å². The van der Waals surface area contributed by atoms with Gasteiger partial charge in [0.05, 0.1) is 23.0 Å². The number of hydrogen-bond donors (Lipinski definition) is 0. The third-order valence-electron chi connectivity index (χ3n) is 3.55. The Labute approximate surface area is 131 Å². The van der Waals surface area contributed by atoms with E-state index in [0.717, 1.165) is 4.47 Å². The third-order valence-corrected chi connectivity index (χ3v) is 5.68. The summed E-state index contributed by atoms with van der Waals surface area (Å²) in [6.45, 7) is 4.80. The monoisotopic (exact) mass is 373 g/mol. The number of rotatable bonds is 4. The molecule has 0 aromatic carbocycles. The van der Waals surface area contributed by atoms with Crippen molar-refractivity contribution in [2.45, 2.75) is 31.0 Å². The molecule has 0 bridgehead atoms. The second kappa shape index (κ2) is 5.22. The Morgan fingerprint density at radius 3 is 2.57 bits per heavy atom. The van der Waals surface area contributed by atoms with Crippen LogP contribution in [0.1, 0.15) is 25.9 Å². The lowest BCUT2D eigenvalue weighted by Crippen LogP contribution is -2.50. The summed E-state index contributed by atoms with van der Waals surface area (Å²) in [5.41, 5.74) is 0. The molecule has 1 saturated heterocycles. The van der Waals surface area contributed by atoms with Crippen molar-refractivity contribution < 1.29 is 8.42 Å². The minimum atomic E-state index is -3.50. The van der Waals surface area contributed by atoms with E-state index in [2.05, 4.69) is 26.0 Å². The molecule has 2 aromatic heterocycles. The molecule has 1 aliphatic rings. The summed E-state index contributed by atoms with van der Waals surface area (Å²) >= 11 is 3.33. The smallest absolute Gasteiger partial charge is 0.262 e. The molecule has 0 N–H and O–H groups in total. The summed E-state index contributed by atoms with van der Waals surface area (Å²) in [5.74, 6) is 0. The minimum absolute atomic E-state index is 0.0817. The molecule has 2 aromatic rings. The molecule has 0 unspecified atom stereocenters. The van der Waals surface area contributed by atoms with Crippen molar-refractivity contribution in [2.75, 3.05) is 13.1 Å². The van der Waals surface area contributed by atoms with Crippen LogP contribution < -0.4 is 0 Å². The normalized spacial score (nSPS) is 17.3. The van der Waals surface area contributed by atoms with Crippen LogP contribution in [0.25, 0.3) is 0 Å². The Kier molecular flexibility index (Phi) is 3.66. The Balaban J connectivity index is 1.72. The highest BCUT2D eigenvalue weighted by Gasteiger charge is 2.39. The molecule has 0 radical (unpaired) electrons. The van der Waals surface area contributed by atoms with Crippen molar-refractivity contribution in [3.05, 3.63) is 29.4 Å². The van der Waals surface area contributed by atoms with Crippen LogP contribution >= 0.6 is 15.9 Å². The van der Waals surface area contributed by atoms with E-state index in [-0.39, 0.29) is 17.1 Å². The summed E-state index contributed by atoms with van der Waals surface area (Å²) < 4.78 is 30.8. The van der Waals surface area contributed by atoms with E-state index >= 15 is 0 Å². The molecule has 0 saturated carbocycles. The lowest BCUT2D eigenvalue weighted by atomic mass is 10.2. The van der Waals surface area contributed by atoms with Gasteiger partial charge in [-0.3, -0.25) is 4.68 Å². The zero-order valence-corrected chi connectivity index (χ0v) is 14.1. The van der Waals surface area contributed by atoms with Gasteiger partial charge in [0.1, 0.15) is 0 Å². The molecule has 1 fully saturated rings. The van der Waals surface area contributed by atoms with Gasteiger partial charge in [-0.25, -0.2) is 13.4 Å². The first kappa shape index (κ1) is 14.7. The van der Waals surface area contributed by atoms with Crippen LogP contribution in [-0.4, -0.2) is 45.1 Å². The number of hydrogen-bond acceptors (Lipinski definition) is 4. The average Bonchev–Trinajstić information content (AvgIpc) is 2.96. The molecule has 9 heteroatoms. The Morgan fingerprint density at radius 1 is 1.33 bits per heavy atom. The highest BCUT2D eigenvalue weighted by Crippen LogP contribution is 2.28. The molecule has 21 heavy (non-hydrogen) atoms. The highest BCUT2D eigenvalue weighted by atomic mass is 79.9.